The summed E-state index contributed by atoms with van der Waals surface area (Å²) in [6, 6.07) is 1.85. The lowest BCUT2D eigenvalue weighted by Gasteiger charge is -2.27. The van der Waals surface area contributed by atoms with Crippen molar-refractivity contribution in [3.63, 3.8) is 0 Å². The lowest BCUT2D eigenvalue weighted by molar-refractivity contribution is 0.340. The summed E-state index contributed by atoms with van der Waals surface area (Å²) in [5.41, 5.74) is 0. The molecule has 0 aliphatic carbocycles. The lowest BCUT2D eigenvalue weighted by Crippen LogP contribution is -2.42. The second-order valence-electron chi connectivity index (χ2n) is 4.13. The Kier molecular flexibility index (Phi) is 4.12. The molecule has 2 atom stereocenters. The third-order valence-corrected chi connectivity index (χ3v) is 5.14. The van der Waals surface area contributed by atoms with E-state index in [0.717, 1.165) is 25.7 Å². The third kappa shape index (κ3) is 2.70. The van der Waals surface area contributed by atoms with Crippen LogP contribution in [0.3, 0.4) is 0 Å². The van der Waals surface area contributed by atoms with Gasteiger partial charge in [0.15, 0.2) is 5.25 Å². The van der Waals surface area contributed by atoms with Gasteiger partial charge in [-0.25, -0.2) is 8.42 Å². The number of nitrogens with zero attached hydrogens (tertiary/aromatic N) is 2. The first kappa shape index (κ1) is 12.5. The van der Waals surface area contributed by atoms with Gasteiger partial charge in [0.2, 0.25) is 10.0 Å². The molecule has 1 saturated heterocycles. The van der Waals surface area contributed by atoms with Crippen LogP contribution in [-0.4, -0.2) is 30.6 Å². The van der Waals surface area contributed by atoms with Crippen molar-refractivity contribution in [2.24, 2.45) is 0 Å². The van der Waals surface area contributed by atoms with E-state index in [1.165, 1.54) is 11.2 Å². The highest BCUT2D eigenvalue weighted by molar-refractivity contribution is 7.90. The van der Waals surface area contributed by atoms with E-state index in [9.17, 15) is 8.42 Å². The molecule has 86 valence electrons. The zero-order valence-electron chi connectivity index (χ0n) is 9.31. The van der Waals surface area contributed by atoms with Crippen LogP contribution in [0.5, 0.6) is 0 Å². The van der Waals surface area contributed by atoms with Crippen LogP contribution in [0.2, 0.25) is 0 Å². The number of sulfonamides is 1. The summed E-state index contributed by atoms with van der Waals surface area (Å²) in [4.78, 5) is 0. The first-order chi connectivity index (χ1) is 7.00. The van der Waals surface area contributed by atoms with Crippen LogP contribution in [0.1, 0.15) is 39.5 Å². The molecule has 0 aromatic rings. The second kappa shape index (κ2) is 4.95. The smallest absolute Gasteiger partial charge is 0.211 e. The van der Waals surface area contributed by atoms with Crippen LogP contribution >= 0.6 is 0 Å². The van der Waals surface area contributed by atoms with Gasteiger partial charge in [-0.05, 0) is 26.7 Å². The Hall–Kier alpha value is -0.600. The van der Waals surface area contributed by atoms with Gasteiger partial charge in [0, 0.05) is 12.6 Å². The first-order valence-corrected chi connectivity index (χ1v) is 6.90. The van der Waals surface area contributed by atoms with Crippen LogP contribution in [-0.2, 0) is 10.0 Å². The van der Waals surface area contributed by atoms with Crippen molar-refractivity contribution in [1.29, 1.82) is 5.26 Å². The maximum absolute atomic E-state index is 12.0. The molecular formula is C10H18N2O2S. The van der Waals surface area contributed by atoms with Crippen molar-refractivity contribution in [3.8, 4) is 6.07 Å². The quantitative estimate of drug-likeness (QED) is 0.722. The van der Waals surface area contributed by atoms with Gasteiger partial charge in [-0.3, -0.25) is 0 Å². The first-order valence-electron chi connectivity index (χ1n) is 5.40. The minimum absolute atomic E-state index is 0.0355. The molecule has 0 aromatic carbocycles. The van der Waals surface area contributed by atoms with Gasteiger partial charge >= 0.3 is 0 Å². The van der Waals surface area contributed by atoms with Gasteiger partial charge < -0.3 is 0 Å². The van der Waals surface area contributed by atoms with E-state index >= 15 is 0 Å². The van der Waals surface area contributed by atoms with Crippen molar-refractivity contribution < 1.29 is 8.42 Å². The predicted octanol–water partition coefficient (Wildman–Crippen LogP) is 1.49. The SMILES string of the molecule is CC1CCCCCN1S(=O)(=O)C(C)C#N. The van der Waals surface area contributed by atoms with E-state index in [4.69, 9.17) is 5.26 Å². The van der Waals surface area contributed by atoms with Crippen LogP contribution in [0.25, 0.3) is 0 Å². The van der Waals surface area contributed by atoms with E-state index in [0.29, 0.717) is 6.54 Å². The molecule has 0 bridgehead atoms. The molecule has 1 aliphatic rings. The highest BCUT2D eigenvalue weighted by atomic mass is 32.2. The predicted molar refractivity (Wildman–Crippen MR) is 58.6 cm³/mol. The molecule has 1 aliphatic heterocycles. The van der Waals surface area contributed by atoms with E-state index in [1.54, 1.807) is 0 Å². The Balaban J connectivity index is 2.89. The molecule has 0 saturated carbocycles. The normalized spacial score (nSPS) is 26.6. The van der Waals surface area contributed by atoms with Crippen LogP contribution < -0.4 is 0 Å². The average molecular weight is 230 g/mol. The molecule has 0 amide bonds. The standard InChI is InChI=1S/C10H18N2O2S/c1-9-6-4-3-5-7-12(9)15(13,14)10(2)8-11/h9-10H,3-7H2,1-2H3. The van der Waals surface area contributed by atoms with Crippen LogP contribution in [0.15, 0.2) is 0 Å². The maximum atomic E-state index is 12.0. The van der Waals surface area contributed by atoms with Crippen molar-refractivity contribution in [2.75, 3.05) is 6.54 Å². The molecule has 4 nitrogen and oxygen atoms in total. The molecule has 1 heterocycles. The van der Waals surface area contributed by atoms with Gasteiger partial charge in [-0.1, -0.05) is 12.8 Å². The van der Waals surface area contributed by atoms with Crippen LogP contribution in [0.4, 0.5) is 0 Å². The Labute approximate surface area is 91.9 Å². The van der Waals surface area contributed by atoms with Crippen molar-refractivity contribution in [3.05, 3.63) is 0 Å². The summed E-state index contributed by atoms with van der Waals surface area (Å²) < 4.78 is 25.5. The minimum Gasteiger partial charge on any atom is -0.211 e. The molecule has 0 radical (unpaired) electrons. The minimum atomic E-state index is -3.41. The zero-order valence-corrected chi connectivity index (χ0v) is 10.1. The fraction of sp³-hybridized carbons (Fsp3) is 0.900. The van der Waals surface area contributed by atoms with E-state index in [-0.39, 0.29) is 6.04 Å². The zero-order chi connectivity index (χ0) is 11.5. The summed E-state index contributed by atoms with van der Waals surface area (Å²) in [5, 5.41) is 7.77. The summed E-state index contributed by atoms with van der Waals surface area (Å²) in [5.74, 6) is 0. The van der Waals surface area contributed by atoms with E-state index in [2.05, 4.69) is 0 Å². The van der Waals surface area contributed by atoms with Crippen molar-refractivity contribution in [2.45, 2.75) is 50.8 Å². The van der Waals surface area contributed by atoms with Crippen molar-refractivity contribution in [1.82, 2.24) is 4.31 Å². The Morgan fingerprint density at radius 3 is 2.67 bits per heavy atom. The molecular weight excluding hydrogens is 212 g/mol. The molecule has 0 N–H and O–H groups in total. The molecule has 1 rings (SSSR count). The number of rotatable bonds is 2. The lowest BCUT2D eigenvalue weighted by atomic mass is 10.1. The monoisotopic (exact) mass is 230 g/mol. The van der Waals surface area contributed by atoms with E-state index in [1.807, 2.05) is 13.0 Å². The summed E-state index contributed by atoms with van der Waals surface area (Å²) in [6.07, 6.45) is 3.96. The Bertz CT molecular complexity index is 345. The van der Waals surface area contributed by atoms with Crippen LogP contribution in [0, 0.1) is 11.3 Å². The average Bonchev–Trinajstić information content (AvgIpc) is 2.41. The topological polar surface area (TPSA) is 61.2 Å². The van der Waals surface area contributed by atoms with E-state index < -0.39 is 15.3 Å². The van der Waals surface area contributed by atoms with Gasteiger partial charge in [-0.15, -0.1) is 0 Å². The largest absolute Gasteiger partial charge is 0.230 e. The molecule has 1 fully saturated rings. The third-order valence-electron chi connectivity index (χ3n) is 2.95. The fourth-order valence-corrected chi connectivity index (χ4v) is 3.43. The summed E-state index contributed by atoms with van der Waals surface area (Å²) in [7, 11) is -3.41. The van der Waals surface area contributed by atoms with Gasteiger partial charge in [0.05, 0.1) is 6.07 Å². The number of hydrogen-bond donors (Lipinski definition) is 0. The molecule has 15 heavy (non-hydrogen) atoms. The van der Waals surface area contributed by atoms with Gasteiger partial charge in [-0.2, -0.15) is 9.57 Å². The molecule has 5 heteroatoms. The highest BCUT2D eigenvalue weighted by Crippen LogP contribution is 2.21. The molecule has 2 unspecified atom stereocenters. The number of hydrogen-bond acceptors (Lipinski definition) is 3. The van der Waals surface area contributed by atoms with Crippen molar-refractivity contribution >= 4 is 10.0 Å². The molecule has 0 spiro atoms. The van der Waals surface area contributed by atoms with Gasteiger partial charge in [0.1, 0.15) is 0 Å². The Morgan fingerprint density at radius 1 is 1.40 bits per heavy atom. The number of nitriles is 1. The highest BCUT2D eigenvalue weighted by Gasteiger charge is 2.32. The van der Waals surface area contributed by atoms with Gasteiger partial charge in [0.25, 0.3) is 0 Å². The molecule has 0 aromatic heterocycles. The maximum Gasteiger partial charge on any atom is 0.230 e. The second-order valence-corrected chi connectivity index (χ2v) is 6.33. The summed E-state index contributed by atoms with van der Waals surface area (Å²) >= 11 is 0. The Morgan fingerprint density at radius 2 is 2.07 bits per heavy atom. The fourth-order valence-electron chi connectivity index (χ4n) is 1.90. The summed E-state index contributed by atoms with van der Waals surface area (Å²) in [6.45, 7) is 3.94.